The third kappa shape index (κ3) is 5.25. The van der Waals surface area contributed by atoms with Crippen molar-refractivity contribution < 1.29 is 29.9 Å². The lowest BCUT2D eigenvalue weighted by Crippen LogP contribution is -2.60. The molecule has 2 heterocycles. The number of nitrogens with zero attached hydrogens (tertiary/aromatic N) is 2. The summed E-state index contributed by atoms with van der Waals surface area (Å²) in [5.41, 5.74) is 2.47. The quantitative estimate of drug-likeness (QED) is 0.387. The van der Waals surface area contributed by atoms with E-state index in [0.29, 0.717) is 17.7 Å². The van der Waals surface area contributed by atoms with E-state index >= 15 is 0 Å². The number of ether oxygens (including phenoxy) is 2. The molecule has 0 bridgehead atoms. The molecule has 4 N–H and O–H groups in total. The number of pyridine rings is 1. The van der Waals surface area contributed by atoms with E-state index < -0.39 is 37.3 Å². The van der Waals surface area contributed by atoms with E-state index in [9.17, 15) is 25.2 Å². The van der Waals surface area contributed by atoms with Crippen molar-refractivity contribution in [3.05, 3.63) is 64.6 Å². The van der Waals surface area contributed by atoms with Crippen LogP contribution in [-0.2, 0) is 11.3 Å². The first-order valence-corrected chi connectivity index (χ1v) is 11.6. The van der Waals surface area contributed by atoms with Crippen LogP contribution in [0.25, 0.3) is 21.9 Å². The van der Waals surface area contributed by atoms with E-state index in [4.69, 9.17) is 9.47 Å². The molecule has 188 valence electrons. The number of rotatable bonds is 7. The minimum absolute atomic E-state index is 0.0366. The van der Waals surface area contributed by atoms with Gasteiger partial charge >= 0.3 is 0 Å². The molecule has 4 rings (SSSR count). The van der Waals surface area contributed by atoms with Gasteiger partial charge in [-0.15, -0.1) is 0 Å². The zero-order valence-corrected chi connectivity index (χ0v) is 20.0. The van der Waals surface area contributed by atoms with Crippen LogP contribution in [0.3, 0.4) is 0 Å². The smallest absolute Gasteiger partial charge is 0.258 e. The Kier molecular flexibility index (Phi) is 7.56. The predicted octanol–water partition coefficient (Wildman–Crippen LogP) is 0.717. The summed E-state index contributed by atoms with van der Waals surface area (Å²) in [6, 6.07) is 13.2. The van der Waals surface area contributed by atoms with Crippen LogP contribution in [0.5, 0.6) is 5.75 Å². The molecule has 0 radical (unpaired) electrons. The largest absolute Gasteiger partial charge is 0.462 e. The first kappa shape index (κ1) is 25.3. The molecule has 0 aliphatic carbocycles. The van der Waals surface area contributed by atoms with Crippen LogP contribution in [-0.4, -0.2) is 87.8 Å². The molecule has 0 saturated carbocycles. The van der Waals surface area contributed by atoms with Gasteiger partial charge in [0.1, 0.15) is 30.2 Å². The lowest BCUT2D eigenvalue weighted by Gasteiger charge is -2.39. The van der Waals surface area contributed by atoms with Gasteiger partial charge in [0.2, 0.25) is 6.29 Å². The highest BCUT2D eigenvalue weighted by molar-refractivity contribution is 5.86. The summed E-state index contributed by atoms with van der Waals surface area (Å²) in [5, 5.41) is 41.1. The molecule has 1 aliphatic rings. The fourth-order valence-electron chi connectivity index (χ4n) is 4.19. The highest BCUT2D eigenvalue weighted by atomic mass is 16.7. The fourth-order valence-corrected chi connectivity index (χ4v) is 4.19. The number of aliphatic hydroxyl groups is 4. The maximum Gasteiger partial charge on any atom is 0.258 e. The summed E-state index contributed by atoms with van der Waals surface area (Å²) in [4.78, 5) is 15.1. The molecule has 1 saturated heterocycles. The first-order valence-electron chi connectivity index (χ1n) is 11.6. The topological polar surface area (TPSA) is 125 Å². The summed E-state index contributed by atoms with van der Waals surface area (Å²) >= 11 is 0. The average Bonchev–Trinajstić information content (AvgIpc) is 2.84. The van der Waals surface area contributed by atoms with Crippen LogP contribution in [0.1, 0.15) is 5.56 Å². The Balaban J connectivity index is 1.58. The standard InChI is InChI=1S/C26H32N2O7/c1-15-12-17(6-7-20(15)34-26-24(32)23(31)22(30)21(14-29)35-26)18-5-4-16-8-9-28(11-10-27(2)3)25(33)19(16)13-18/h4-9,12-13,21-24,26,29-32H,10-11,14H2,1-3H3. The molecule has 35 heavy (non-hydrogen) atoms. The van der Waals surface area contributed by atoms with Crippen molar-refractivity contribution in [1.29, 1.82) is 0 Å². The number of aryl methyl sites for hydroxylation is 1. The third-order valence-electron chi connectivity index (χ3n) is 6.37. The zero-order valence-electron chi connectivity index (χ0n) is 20.0. The normalized spacial score (nSPS) is 24.7. The monoisotopic (exact) mass is 484 g/mol. The molecule has 1 aromatic heterocycles. The van der Waals surface area contributed by atoms with Crippen LogP contribution in [0.2, 0.25) is 0 Å². The van der Waals surface area contributed by atoms with Gasteiger partial charge < -0.3 is 39.4 Å². The molecule has 9 heteroatoms. The number of hydrogen-bond acceptors (Lipinski definition) is 8. The molecule has 1 fully saturated rings. The van der Waals surface area contributed by atoms with Gasteiger partial charge in [0.15, 0.2) is 0 Å². The fraction of sp³-hybridized carbons (Fsp3) is 0.423. The predicted molar refractivity (Wildman–Crippen MR) is 131 cm³/mol. The Morgan fingerprint density at radius 1 is 1.00 bits per heavy atom. The Hall–Kier alpha value is -2.79. The number of fused-ring (bicyclic) bond motifs is 1. The second-order valence-electron chi connectivity index (χ2n) is 9.21. The third-order valence-corrected chi connectivity index (χ3v) is 6.37. The van der Waals surface area contributed by atoms with Gasteiger partial charge in [-0.3, -0.25) is 4.79 Å². The van der Waals surface area contributed by atoms with Crippen molar-refractivity contribution in [2.45, 2.75) is 44.2 Å². The van der Waals surface area contributed by atoms with Gasteiger partial charge in [-0.2, -0.15) is 0 Å². The first-order chi connectivity index (χ1) is 16.7. The molecule has 0 amide bonds. The lowest BCUT2D eigenvalue weighted by atomic mass is 9.99. The average molecular weight is 485 g/mol. The van der Waals surface area contributed by atoms with Crippen LogP contribution in [0.4, 0.5) is 0 Å². The molecule has 1 aliphatic heterocycles. The van der Waals surface area contributed by atoms with Crippen molar-refractivity contribution in [3.63, 3.8) is 0 Å². The van der Waals surface area contributed by atoms with Crippen LogP contribution in [0, 0.1) is 6.92 Å². The van der Waals surface area contributed by atoms with Crippen LogP contribution in [0.15, 0.2) is 53.5 Å². The van der Waals surface area contributed by atoms with E-state index in [0.717, 1.165) is 28.6 Å². The number of benzene rings is 2. The number of likely N-dealkylation sites (N-methyl/N-ethyl adjacent to an activating group) is 1. The van der Waals surface area contributed by atoms with Gasteiger partial charge in [0, 0.05) is 24.7 Å². The van der Waals surface area contributed by atoms with Crippen molar-refractivity contribution in [3.8, 4) is 16.9 Å². The van der Waals surface area contributed by atoms with E-state index in [-0.39, 0.29) is 5.56 Å². The van der Waals surface area contributed by atoms with E-state index in [2.05, 4.69) is 0 Å². The maximum absolute atomic E-state index is 13.0. The molecule has 0 spiro atoms. The van der Waals surface area contributed by atoms with Gasteiger partial charge in [-0.05, 0) is 67.4 Å². The summed E-state index contributed by atoms with van der Waals surface area (Å²) < 4.78 is 12.9. The Bertz CT molecular complexity index is 1240. The van der Waals surface area contributed by atoms with Gasteiger partial charge in [0.05, 0.1) is 6.61 Å². The Morgan fingerprint density at radius 3 is 2.40 bits per heavy atom. The molecular formula is C26H32N2O7. The van der Waals surface area contributed by atoms with Gasteiger partial charge in [0.25, 0.3) is 5.56 Å². The highest BCUT2D eigenvalue weighted by Gasteiger charge is 2.44. The maximum atomic E-state index is 13.0. The van der Waals surface area contributed by atoms with Crippen molar-refractivity contribution >= 4 is 10.8 Å². The van der Waals surface area contributed by atoms with Crippen LogP contribution >= 0.6 is 0 Å². The van der Waals surface area contributed by atoms with Crippen molar-refractivity contribution in [1.82, 2.24) is 9.47 Å². The highest BCUT2D eigenvalue weighted by Crippen LogP contribution is 2.30. The number of aromatic nitrogens is 1. The Morgan fingerprint density at radius 2 is 1.71 bits per heavy atom. The minimum Gasteiger partial charge on any atom is -0.462 e. The minimum atomic E-state index is -1.51. The molecule has 9 nitrogen and oxygen atoms in total. The molecular weight excluding hydrogens is 452 g/mol. The Labute approximate surface area is 203 Å². The summed E-state index contributed by atoms with van der Waals surface area (Å²) in [6.07, 6.45) is -4.91. The lowest BCUT2D eigenvalue weighted by molar-refractivity contribution is -0.277. The zero-order chi connectivity index (χ0) is 25.3. The van der Waals surface area contributed by atoms with E-state index in [1.807, 2.05) is 68.5 Å². The SMILES string of the molecule is Cc1cc(-c2ccc3ccn(CCN(C)C)c(=O)c3c2)ccc1OC1OC(CO)C(O)C(O)C1O. The summed E-state index contributed by atoms with van der Waals surface area (Å²) in [6.45, 7) is 2.68. The van der Waals surface area contributed by atoms with Crippen molar-refractivity contribution in [2.75, 3.05) is 27.2 Å². The van der Waals surface area contributed by atoms with E-state index in [1.165, 1.54) is 0 Å². The van der Waals surface area contributed by atoms with Gasteiger partial charge in [-0.1, -0.05) is 18.2 Å². The van der Waals surface area contributed by atoms with Crippen molar-refractivity contribution in [2.24, 2.45) is 0 Å². The summed E-state index contributed by atoms with van der Waals surface area (Å²) in [7, 11) is 3.94. The molecule has 3 aromatic rings. The van der Waals surface area contributed by atoms with Crippen LogP contribution < -0.4 is 10.3 Å². The molecule has 2 aromatic carbocycles. The number of aliphatic hydroxyl groups excluding tert-OH is 4. The van der Waals surface area contributed by atoms with E-state index in [1.54, 1.807) is 10.6 Å². The summed E-state index contributed by atoms with van der Waals surface area (Å²) in [5.74, 6) is 0.421. The number of hydrogen-bond donors (Lipinski definition) is 4. The second kappa shape index (κ2) is 10.4. The molecule has 5 unspecified atom stereocenters. The second-order valence-corrected chi connectivity index (χ2v) is 9.21. The van der Waals surface area contributed by atoms with Gasteiger partial charge in [-0.25, -0.2) is 0 Å². The molecule has 5 atom stereocenters.